The second-order valence-electron chi connectivity index (χ2n) is 5.22. The number of nitrogens with zero attached hydrogens (tertiary/aromatic N) is 4. The Morgan fingerprint density at radius 2 is 2.35 bits per heavy atom. The van der Waals surface area contributed by atoms with Gasteiger partial charge >= 0.3 is 0 Å². The normalized spacial score (nSPS) is 22.6. The summed E-state index contributed by atoms with van der Waals surface area (Å²) in [6, 6.07) is 0.834. The van der Waals surface area contributed by atoms with Crippen molar-refractivity contribution in [3.8, 4) is 0 Å². The zero-order valence-corrected chi connectivity index (χ0v) is 13.6. The fourth-order valence-corrected chi connectivity index (χ4v) is 3.39. The minimum absolute atomic E-state index is 0.410. The van der Waals surface area contributed by atoms with Crippen LogP contribution >= 0.6 is 27.5 Å². The molecule has 0 aliphatic heterocycles. The van der Waals surface area contributed by atoms with E-state index < -0.39 is 0 Å². The molecule has 1 aliphatic rings. The number of halogens is 2. The van der Waals surface area contributed by atoms with E-state index in [-0.39, 0.29) is 0 Å². The molecule has 1 saturated carbocycles. The molecule has 20 heavy (non-hydrogen) atoms. The fourth-order valence-electron chi connectivity index (χ4n) is 2.84. The number of aryl methyl sites for hydroxylation is 1. The van der Waals surface area contributed by atoms with Gasteiger partial charge in [0.1, 0.15) is 0 Å². The Morgan fingerprint density at radius 3 is 3.00 bits per heavy atom. The van der Waals surface area contributed by atoms with E-state index in [0.717, 1.165) is 29.6 Å². The van der Waals surface area contributed by atoms with Gasteiger partial charge in [-0.15, -0.1) is 0 Å². The van der Waals surface area contributed by atoms with Gasteiger partial charge in [-0.05, 0) is 35.2 Å². The van der Waals surface area contributed by atoms with Crippen molar-refractivity contribution in [2.45, 2.75) is 37.9 Å². The summed E-state index contributed by atoms with van der Waals surface area (Å²) in [6.45, 7) is 0.735. The summed E-state index contributed by atoms with van der Waals surface area (Å²) < 4.78 is 5.04. The van der Waals surface area contributed by atoms with Crippen molar-refractivity contribution in [2.75, 3.05) is 0 Å². The maximum Gasteiger partial charge on any atom is 0.151 e. The van der Waals surface area contributed by atoms with Crippen LogP contribution in [0.4, 0.5) is 0 Å². The summed E-state index contributed by atoms with van der Waals surface area (Å²) in [4.78, 5) is 4.11. The molecule has 0 amide bonds. The van der Waals surface area contributed by atoms with Gasteiger partial charge in [-0.2, -0.15) is 5.10 Å². The van der Waals surface area contributed by atoms with Gasteiger partial charge in [-0.3, -0.25) is 4.68 Å². The highest BCUT2D eigenvalue weighted by molar-refractivity contribution is 9.10. The zero-order valence-electron chi connectivity index (χ0n) is 11.3. The van der Waals surface area contributed by atoms with Crippen LogP contribution in [0.25, 0.3) is 0 Å². The largest absolute Gasteiger partial charge is 0.335 e. The lowest BCUT2D eigenvalue weighted by atomic mass is 10.1. The third-order valence-electron chi connectivity index (χ3n) is 3.93. The van der Waals surface area contributed by atoms with Crippen LogP contribution in [-0.2, 0) is 13.6 Å². The molecule has 108 valence electrons. The van der Waals surface area contributed by atoms with Gasteiger partial charge in [-0.25, -0.2) is 4.98 Å². The van der Waals surface area contributed by atoms with Crippen LogP contribution in [0.15, 0.2) is 23.2 Å². The topological polar surface area (TPSA) is 47.7 Å². The summed E-state index contributed by atoms with van der Waals surface area (Å²) in [5.74, 6) is 0. The number of hydrogen-bond acceptors (Lipinski definition) is 3. The minimum Gasteiger partial charge on any atom is -0.335 e. The number of aromatic nitrogens is 4. The molecule has 2 aromatic rings. The summed E-state index contributed by atoms with van der Waals surface area (Å²) in [5, 5.41) is 8.60. The van der Waals surface area contributed by atoms with E-state index in [1.165, 1.54) is 6.42 Å². The average Bonchev–Trinajstić information content (AvgIpc) is 3.10. The monoisotopic (exact) mass is 357 g/mol. The molecular formula is C13H17BrClN5. The highest BCUT2D eigenvalue weighted by Gasteiger charge is 2.29. The van der Waals surface area contributed by atoms with E-state index in [1.807, 2.05) is 24.0 Å². The van der Waals surface area contributed by atoms with Gasteiger partial charge in [-0.1, -0.05) is 11.6 Å². The van der Waals surface area contributed by atoms with Crippen LogP contribution in [0.5, 0.6) is 0 Å². The molecule has 0 unspecified atom stereocenters. The smallest absolute Gasteiger partial charge is 0.151 e. The molecule has 3 rings (SSSR count). The van der Waals surface area contributed by atoms with Crippen LogP contribution in [0.1, 0.15) is 31.0 Å². The van der Waals surface area contributed by atoms with Gasteiger partial charge in [0.05, 0.1) is 28.7 Å². The van der Waals surface area contributed by atoms with Crippen molar-refractivity contribution in [3.05, 3.63) is 34.0 Å². The van der Waals surface area contributed by atoms with E-state index >= 15 is 0 Å². The third kappa shape index (κ3) is 2.77. The SMILES string of the molecule is Cn1cnc(Cl)c1CN[C@@H]1CCC[C@@H]1n1cc(Br)cn1. The highest BCUT2D eigenvalue weighted by Crippen LogP contribution is 2.30. The first-order valence-corrected chi connectivity index (χ1v) is 7.91. The first kappa shape index (κ1) is 14.1. The molecule has 2 aromatic heterocycles. The fraction of sp³-hybridized carbons (Fsp3) is 0.538. The molecule has 0 bridgehead atoms. The number of rotatable bonds is 4. The van der Waals surface area contributed by atoms with Gasteiger partial charge in [0, 0.05) is 25.8 Å². The van der Waals surface area contributed by atoms with Crippen molar-refractivity contribution in [1.82, 2.24) is 24.6 Å². The van der Waals surface area contributed by atoms with E-state index in [1.54, 1.807) is 6.33 Å². The van der Waals surface area contributed by atoms with Crippen molar-refractivity contribution in [3.63, 3.8) is 0 Å². The maximum atomic E-state index is 6.09. The second kappa shape index (κ2) is 5.87. The Hall–Kier alpha value is -0.850. The van der Waals surface area contributed by atoms with Crippen LogP contribution in [-0.4, -0.2) is 25.4 Å². The van der Waals surface area contributed by atoms with E-state index in [0.29, 0.717) is 17.2 Å². The van der Waals surface area contributed by atoms with E-state index in [4.69, 9.17) is 11.6 Å². The standard InChI is InChI=1S/C13H17BrClN5/c1-19-8-17-13(15)12(19)6-16-10-3-2-4-11(10)20-7-9(14)5-18-20/h5,7-8,10-11,16H,2-4,6H2,1H3/t10-,11+/m1/s1. The molecule has 2 atom stereocenters. The van der Waals surface area contributed by atoms with Crippen molar-refractivity contribution >= 4 is 27.5 Å². The average molecular weight is 359 g/mol. The molecule has 0 spiro atoms. The Balaban J connectivity index is 1.68. The Morgan fingerprint density at radius 1 is 1.50 bits per heavy atom. The molecule has 1 fully saturated rings. The predicted octanol–water partition coefficient (Wildman–Crippen LogP) is 2.92. The van der Waals surface area contributed by atoms with Gasteiger partial charge in [0.2, 0.25) is 0 Å². The molecule has 7 heteroatoms. The third-order valence-corrected chi connectivity index (χ3v) is 4.65. The lowest BCUT2D eigenvalue weighted by molar-refractivity contribution is 0.362. The summed E-state index contributed by atoms with van der Waals surface area (Å²) >= 11 is 9.55. The summed E-state index contributed by atoms with van der Waals surface area (Å²) in [7, 11) is 1.96. The summed E-state index contributed by atoms with van der Waals surface area (Å²) in [5.41, 5.74) is 1.03. The molecular weight excluding hydrogens is 342 g/mol. The molecule has 1 aliphatic carbocycles. The number of nitrogens with one attached hydrogen (secondary N) is 1. The second-order valence-corrected chi connectivity index (χ2v) is 6.49. The highest BCUT2D eigenvalue weighted by atomic mass is 79.9. The van der Waals surface area contributed by atoms with E-state index in [2.05, 4.69) is 36.0 Å². The Bertz CT molecular complexity index is 574. The van der Waals surface area contributed by atoms with Crippen LogP contribution in [0.3, 0.4) is 0 Å². The molecule has 5 nitrogen and oxygen atoms in total. The number of imidazole rings is 1. The van der Waals surface area contributed by atoms with Crippen LogP contribution in [0.2, 0.25) is 5.15 Å². The van der Waals surface area contributed by atoms with Gasteiger partial charge in [0.15, 0.2) is 5.15 Å². The molecule has 1 N–H and O–H groups in total. The number of hydrogen-bond donors (Lipinski definition) is 1. The Kier molecular flexibility index (Phi) is 4.14. The van der Waals surface area contributed by atoms with Crippen molar-refractivity contribution < 1.29 is 0 Å². The molecule has 2 heterocycles. The molecule has 0 radical (unpaired) electrons. The maximum absolute atomic E-state index is 6.09. The first-order valence-electron chi connectivity index (χ1n) is 6.74. The first-order chi connectivity index (χ1) is 9.65. The van der Waals surface area contributed by atoms with Crippen molar-refractivity contribution in [1.29, 1.82) is 0 Å². The predicted molar refractivity (Wildman–Crippen MR) is 81.7 cm³/mol. The molecule has 0 saturated heterocycles. The quantitative estimate of drug-likeness (QED) is 0.914. The minimum atomic E-state index is 0.410. The lowest BCUT2D eigenvalue weighted by Crippen LogP contribution is -2.34. The van der Waals surface area contributed by atoms with Gasteiger partial charge < -0.3 is 9.88 Å². The Labute approximate surface area is 131 Å². The van der Waals surface area contributed by atoms with Crippen LogP contribution in [0, 0.1) is 0 Å². The lowest BCUT2D eigenvalue weighted by Gasteiger charge is -2.21. The van der Waals surface area contributed by atoms with Gasteiger partial charge in [0.25, 0.3) is 0 Å². The summed E-state index contributed by atoms with van der Waals surface area (Å²) in [6.07, 6.45) is 9.17. The zero-order chi connectivity index (χ0) is 14.1. The molecule has 0 aromatic carbocycles. The van der Waals surface area contributed by atoms with Crippen molar-refractivity contribution in [2.24, 2.45) is 7.05 Å². The van der Waals surface area contributed by atoms with Crippen LogP contribution < -0.4 is 5.32 Å². The van der Waals surface area contributed by atoms with E-state index in [9.17, 15) is 0 Å².